The summed E-state index contributed by atoms with van der Waals surface area (Å²) in [6, 6.07) is 7.56. The molecule has 0 radical (unpaired) electrons. The van der Waals surface area contributed by atoms with Crippen LogP contribution in [0.25, 0.3) is 0 Å². The van der Waals surface area contributed by atoms with Crippen LogP contribution in [0.1, 0.15) is 44.7 Å². The van der Waals surface area contributed by atoms with E-state index in [1.165, 1.54) is 0 Å². The average Bonchev–Trinajstić information content (AvgIpc) is 2.52. The molecule has 0 aliphatic rings. The van der Waals surface area contributed by atoms with Crippen molar-refractivity contribution in [2.75, 3.05) is 20.3 Å². The molecule has 22 heavy (non-hydrogen) atoms. The van der Waals surface area contributed by atoms with E-state index in [2.05, 4.69) is 10.3 Å². The van der Waals surface area contributed by atoms with Crippen LogP contribution in [0, 0.1) is 5.92 Å². The van der Waals surface area contributed by atoms with E-state index in [0.29, 0.717) is 13.2 Å². The number of hydrogen-bond acceptors (Lipinski definition) is 4. The second-order valence-corrected chi connectivity index (χ2v) is 5.96. The van der Waals surface area contributed by atoms with Gasteiger partial charge in [0.15, 0.2) is 0 Å². The van der Waals surface area contributed by atoms with E-state index < -0.39 is 11.9 Å². The van der Waals surface area contributed by atoms with E-state index in [0.717, 1.165) is 11.1 Å². The van der Waals surface area contributed by atoms with Crippen molar-refractivity contribution in [2.24, 2.45) is 5.92 Å². The van der Waals surface area contributed by atoms with Gasteiger partial charge in [0.05, 0.1) is 18.1 Å². The maximum absolute atomic E-state index is 12.3. The van der Waals surface area contributed by atoms with E-state index in [4.69, 9.17) is 4.74 Å². The maximum Gasteiger partial charge on any atom is 0.356 e. The lowest BCUT2D eigenvalue weighted by Gasteiger charge is -2.30. The number of hydrogen-bond donors (Lipinski definition) is 1. The first-order valence-electron chi connectivity index (χ1n) is 7.59. The van der Waals surface area contributed by atoms with Crippen molar-refractivity contribution in [3.05, 3.63) is 35.4 Å². The third-order valence-corrected chi connectivity index (χ3v) is 4.05. The number of benzene rings is 1. The van der Waals surface area contributed by atoms with Crippen molar-refractivity contribution in [1.82, 2.24) is 5.32 Å². The minimum absolute atomic E-state index is 0.0480. The molecule has 5 heteroatoms. The Hall–Kier alpha value is -1.46. The smallest absolute Gasteiger partial charge is 0.356 e. The molecule has 0 aliphatic carbocycles. The van der Waals surface area contributed by atoms with Gasteiger partial charge in [-0.25, -0.2) is 4.79 Å². The zero-order valence-electron chi connectivity index (χ0n) is 14.0. The Morgan fingerprint density at radius 1 is 1.32 bits per heavy atom. The molecular weight excluding hydrogens is 285 g/mol. The summed E-state index contributed by atoms with van der Waals surface area (Å²) in [7, 11) is 1.88. The van der Waals surface area contributed by atoms with Gasteiger partial charge in [0.25, 0.3) is 0 Å². The summed E-state index contributed by atoms with van der Waals surface area (Å²) in [4.78, 5) is 15.0. The number of rotatable bonds is 8. The fraction of sp³-hybridized carbons (Fsp3) is 0.588. The van der Waals surface area contributed by atoms with Gasteiger partial charge in [-0.15, -0.1) is 0 Å². The summed E-state index contributed by atoms with van der Waals surface area (Å²) >= 11 is 0. The minimum Gasteiger partial charge on any atom is -0.379 e. The molecule has 1 N–H and O–H groups in total. The molecule has 1 aromatic rings. The van der Waals surface area contributed by atoms with Crippen molar-refractivity contribution in [3.63, 3.8) is 0 Å². The van der Waals surface area contributed by atoms with E-state index in [1.807, 2.05) is 59.0 Å². The van der Waals surface area contributed by atoms with Crippen molar-refractivity contribution in [3.8, 4) is 0 Å². The normalized spacial score (nSPS) is 15.4. The number of halogens is 1. The van der Waals surface area contributed by atoms with Crippen LogP contribution < -0.4 is 5.32 Å². The second kappa shape index (κ2) is 8.25. The van der Waals surface area contributed by atoms with Crippen LogP contribution in [0.2, 0.25) is 0 Å². The van der Waals surface area contributed by atoms with Crippen molar-refractivity contribution >= 4 is 5.97 Å². The predicted octanol–water partition coefficient (Wildman–Crippen LogP) is 3.33. The highest BCUT2D eigenvalue weighted by molar-refractivity contribution is 5.77. The molecule has 0 saturated carbocycles. The Bertz CT molecular complexity index is 475. The van der Waals surface area contributed by atoms with E-state index >= 15 is 0 Å². The average molecular weight is 311 g/mol. The number of nitrogens with one attached hydrogen (secondary N) is 1. The number of carbonyl (C=O) groups is 1. The molecule has 0 bridgehead atoms. The van der Waals surface area contributed by atoms with E-state index in [1.54, 1.807) is 0 Å². The molecular formula is C17H26FNO3. The molecule has 0 saturated heterocycles. The summed E-state index contributed by atoms with van der Waals surface area (Å²) in [5, 5.41) is 3.26. The first-order valence-corrected chi connectivity index (χ1v) is 7.59. The van der Waals surface area contributed by atoms with Crippen LogP contribution in [0.5, 0.6) is 0 Å². The van der Waals surface area contributed by atoms with Gasteiger partial charge in [-0.2, -0.15) is 0 Å². The number of carbonyl (C=O) groups excluding carboxylic acids is 1. The zero-order chi connectivity index (χ0) is 16.8. The molecule has 0 aliphatic heterocycles. The standard InChI is InChI=1S/C17H26FNO3/c1-6-21-11-17(4,19-5)14-9-7-13(8-10-14)15(12(2)3)16(20)22-18/h7-10,12,15,19H,6,11H2,1-5H3. The monoisotopic (exact) mass is 311 g/mol. The fourth-order valence-corrected chi connectivity index (χ4v) is 2.51. The van der Waals surface area contributed by atoms with Gasteiger partial charge in [0, 0.05) is 11.1 Å². The molecule has 4 nitrogen and oxygen atoms in total. The molecule has 0 amide bonds. The third-order valence-electron chi connectivity index (χ3n) is 4.05. The van der Waals surface area contributed by atoms with Gasteiger partial charge >= 0.3 is 5.97 Å². The minimum atomic E-state index is -0.853. The molecule has 0 aromatic heterocycles. The first-order chi connectivity index (χ1) is 10.4. The molecule has 2 unspecified atom stereocenters. The van der Waals surface area contributed by atoms with Gasteiger partial charge in [-0.05, 0) is 37.9 Å². The Labute approximate surface area is 131 Å². The highest BCUT2D eigenvalue weighted by Gasteiger charge is 2.29. The van der Waals surface area contributed by atoms with Crippen LogP contribution in [0.3, 0.4) is 0 Å². The van der Waals surface area contributed by atoms with Gasteiger partial charge in [-0.3, -0.25) is 4.94 Å². The van der Waals surface area contributed by atoms with Crippen LogP contribution in [0.4, 0.5) is 4.53 Å². The summed E-state index contributed by atoms with van der Waals surface area (Å²) in [5.41, 5.74) is 1.47. The largest absolute Gasteiger partial charge is 0.379 e. The van der Waals surface area contributed by atoms with Crippen LogP contribution in [-0.4, -0.2) is 26.2 Å². The van der Waals surface area contributed by atoms with Gasteiger partial charge in [0.2, 0.25) is 0 Å². The van der Waals surface area contributed by atoms with Crippen LogP contribution >= 0.6 is 0 Å². The Morgan fingerprint density at radius 3 is 2.32 bits per heavy atom. The quantitative estimate of drug-likeness (QED) is 0.800. The Kier molecular flexibility index (Phi) is 6.97. The van der Waals surface area contributed by atoms with Crippen molar-refractivity contribution in [1.29, 1.82) is 0 Å². The number of ether oxygens (including phenoxy) is 1. The van der Waals surface area contributed by atoms with Crippen molar-refractivity contribution < 1.29 is 19.0 Å². The topological polar surface area (TPSA) is 47.6 Å². The Balaban J connectivity index is 3.04. The van der Waals surface area contributed by atoms with Crippen LogP contribution in [-0.2, 0) is 20.0 Å². The van der Waals surface area contributed by atoms with Crippen molar-refractivity contribution in [2.45, 2.75) is 39.2 Å². The van der Waals surface area contributed by atoms with Crippen LogP contribution in [0.15, 0.2) is 24.3 Å². The first kappa shape index (κ1) is 18.6. The third kappa shape index (κ3) is 4.27. The fourth-order valence-electron chi connectivity index (χ4n) is 2.51. The van der Waals surface area contributed by atoms with E-state index in [9.17, 15) is 9.32 Å². The highest BCUT2D eigenvalue weighted by Crippen LogP contribution is 2.29. The molecule has 1 aromatic carbocycles. The summed E-state index contributed by atoms with van der Waals surface area (Å²) in [5.74, 6) is -1.51. The lowest BCUT2D eigenvalue weighted by Crippen LogP contribution is -2.41. The molecule has 0 spiro atoms. The summed E-state index contributed by atoms with van der Waals surface area (Å²) < 4.78 is 17.8. The SMILES string of the molecule is CCOCC(C)(NC)c1ccc(C(C(=O)OF)C(C)C)cc1. The lowest BCUT2D eigenvalue weighted by atomic mass is 9.86. The van der Waals surface area contributed by atoms with Gasteiger partial charge in [-0.1, -0.05) is 38.1 Å². The van der Waals surface area contributed by atoms with E-state index in [-0.39, 0.29) is 11.5 Å². The summed E-state index contributed by atoms with van der Waals surface area (Å²) in [6.45, 7) is 8.92. The maximum atomic E-state index is 12.3. The van der Waals surface area contributed by atoms with Gasteiger partial charge in [0.1, 0.15) is 0 Å². The molecule has 124 valence electrons. The second-order valence-electron chi connectivity index (χ2n) is 5.96. The highest BCUT2D eigenvalue weighted by atomic mass is 19.3. The molecule has 1 rings (SSSR count). The molecule has 0 heterocycles. The van der Waals surface area contributed by atoms with Gasteiger partial charge < -0.3 is 10.1 Å². The molecule has 0 fully saturated rings. The number of likely N-dealkylation sites (N-methyl/N-ethyl adjacent to an activating group) is 1. The Morgan fingerprint density at radius 2 is 1.91 bits per heavy atom. The predicted molar refractivity (Wildman–Crippen MR) is 84.1 cm³/mol. The zero-order valence-corrected chi connectivity index (χ0v) is 14.0. The molecule has 2 atom stereocenters. The lowest BCUT2D eigenvalue weighted by molar-refractivity contribution is -0.186. The summed E-state index contributed by atoms with van der Waals surface area (Å²) in [6.07, 6.45) is 0.